The van der Waals surface area contributed by atoms with Crippen LogP contribution in [0.2, 0.25) is 0 Å². The van der Waals surface area contributed by atoms with Crippen molar-refractivity contribution in [1.29, 1.82) is 0 Å². The summed E-state index contributed by atoms with van der Waals surface area (Å²) in [6.45, 7) is 6.64. The van der Waals surface area contributed by atoms with E-state index in [1.54, 1.807) is 0 Å². The number of carbonyl (C=O) groups is 1. The summed E-state index contributed by atoms with van der Waals surface area (Å²) in [5.41, 5.74) is 0.828. The molecule has 0 spiro atoms. The zero-order chi connectivity index (χ0) is 13.0. The first kappa shape index (κ1) is 12.3. The number of fused-ring (bicyclic) bond motifs is 2. The molecule has 0 N–H and O–H groups in total. The Morgan fingerprint density at radius 1 is 1.17 bits per heavy atom. The number of hydrogen-bond acceptors (Lipinski definition) is 2. The van der Waals surface area contributed by atoms with Gasteiger partial charge in [0.2, 0.25) is 0 Å². The average Bonchev–Trinajstić information content (AvgIpc) is 2.81. The van der Waals surface area contributed by atoms with Gasteiger partial charge in [-0.2, -0.15) is 0 Å². The molecule has 0 aromatic carbocycles. The Hall–Kier alpha value is -0.790. The van der Waals surface area contributed by atoms with E-state index in [0.717, 1.165) is 18.4 Å². The summed E-state index contributed by atoms with van der Waals surface area (Å²) < 4.78 is 5.80. The number of esters is 1. The van der Waals surface area contributed by atoms with Crippen LogP contribution >= 0.6 is 0 Å². The third kappa shape index (κ3) is 1.57. The lowest BCUT2D eigenvalue weighted by Gasteiger charge is -2.45. The molecule has 3 rings (SSSR count). The predicted octanol–water partition coefficient (Wildman–Crippen LogP) is 3.85. The van der Waals surface area contributed by atoms with Crippen LogP contribution in [0, 0.1) is 17.3 Å². The Morgan fingerprint density at radius 3 is 2.50 bits per heavy atom. The molecule has 2 saturated carbocycles. The van der Waals surface area contributed by atoms with Crippen LogP contribution in [-0.2, 0) is 9.53 Å². The van der Waals surface area contributed by atoms with Gasteiger partial charge in [-0.25, -0.2) is 4.79 Å². The highest BCUT2D eigenvalue weighted by Crippen LogP contribution is 2.58. The van der Waals surface area contributed by atoms with E-state index in [0.29, 0.717) is 11.8 Å². The van der Waals surface area contributed by atoms with Gasteiger partial charge in [-0.3, -0.25) is 0 Å². The third-order valence-corrected chi connectivity index (χ3v) is 5.89. The third-order valence-electron chi connectivity index (χ3n) is 5.89. The average molecular weight is 248 g/mol. The summed E-state index contributed by atoms with van der Waals surface area (Å²) in [6.07, 6.45) is 9.51. The van der Waals surface area contributed by atoms with Gasteiger partial charge in [0, 0.05) is 11.0 Å². The molecule has 2 atom stereocenters. The van der Waals surface area contributed by atoms with Crippen LogP contribution in [0.15, 0.2) is 11.6 Å². The van der Waals surface area contributed by atoms with Gasteiger partial charge in [0.15, 0.2) is 0 Å². The largest absolute Gasteiger partial charge is 0.455 e. The highest BCUT2D eigenvalue weighted by atomic mass is 16.6. The summed E-state index contributed by atoms with van der Waals surface area (Å²) in [5.74, 6) is 0.990. The molecule has 0 amide bonds. The zero-order valence-corrected chi connectivity index (χ0v) is 11.8. The molecule has 3 fully saturated rings. The lowest BCUT2D eigenvalue weighted by Crippen LogP contribution is -2.49. The van der Waals surface area contributed by atoms with E-state index in [4.69, 9.17) is 4.74 Å². The standard InChI is InChI=1S/C16H24O2/c1-15(2)13-8-9-16(15,3)18-14(17)12(13)10-11-6-4-5-7-11/h10-11,13H,4-9H2,1-3H3/b12-10+/t13-,16-/m1/s1. The van der Waals surface area contributed by atoms with Crippen LogP contribution in [0.3, 0.4) is 0 Å². The molecule has 2 bridgehead atoms. The molecule has 2 nitrogen and oxygen atoms in total. The van der Waals surface area contributed by atoms with Gasteiger partial charge < -0.3 is 4.74 Å². The Kier molecular flexibility index (Phi) is 2.62. The normalized spacial score (nSPS) is 41.4. The molecule has 1 heterocycles. The van der Waals surface area contributed by atoms with Crippen molar-refractivity contribution in [3.8, 4) is 0 Å². The molecule has 0 radical (unpaired) electrons. The first-order valence-electron chi connectivity index (χ1n) is 7.39. The van der Waals surface area contributed by atoms with Gasteiger partial charge in [-0.1, -0.05) is 32.8 Å². The van der Waals surface area contributed by atoms with E-state index < -0.39 is 0 Å². The minimum Gasteiger partial charge on any atom is -0.455 e. The van der Waals surface area contributed by atoms with E-state index in [1.807, 2.05) is 0 Å². The van der Waals surface area contributed by atoms with Gasteiger partial charge in [0.1, 0.15) is 5.60 Å². The molecular weight excluding hydrogens is 224 g/mol. The second kappa shape index (κ2) is 3.85. The van der Waals surface area contributed by atoms with Crippen molar-refractivity contribution in [2.45, 2.75) is 64.9 Å². The van der Waals surface area contributed by atoms with Crippen LogP contribution < -0.4 is 0 Å². The van der Waals surface area contributed by atoms with E-state index >= 15 is 0 Å². The fourth-order valence-electron chi connectivity index (χ4n) is 4.17. The van der Waals surface area contributed by atoms with Crippen LogP contribution in [0.25, 0.3) is 0 Å². The van der Waals surface area contributed by atoms with Crippen molar-refractivity contribution >= 4 is 5.97 Å². The van der Waals surface area contributed by atoms with Crippen LogP contribution in [-0.4, -0.2) is 11.6 Å². The smallest absolute Gasteiger partial charge is 0.334 e. The Bertz CT molecular complexity index is 401. The topological polar surface area (TPSA) is 26.3 Å². The second-order valence-electron chi connectivity index (χ2n) is 7.10. The quantitative estimate of drug-likeness (QED) is 0.520. The monoisotopic (exact) mass is 248 g/mol. The highest BCUT2D eigenvalue weighted by molar-refractivity contribution is 5.91. The van der Waals surface area contributed by atoms with Crippen LogP contribution in [0.1, 0.15) is 59.3 Å². The van der Waals surface area contributed by atoms with Crippen molar-refractivity contribution < 1.29 is 9.53 Å². The molecule has 1 saturated heterocycles. The molecule has 0 aromatic heterocycles. The lowest BCUT2D eigenvalue weighted by atomic mass is 9.68. The Morgan fingerprint density at radius 2 is 1.83 bits per heavy atom. The minimum absolute atomic E-state index is 0.0359. The van der Waals surface area contributed by atoms with Gasteiger partial charge in [0.05, 0.1) is 0 Å². The molecule has 2 heteroatoms. The number of ether oxygens (including phenoxy) is 1. The van der Waals surface area contributed by atoms with Gasteiger partial charge >= 0.3 is 5.97 Å². The predicted molar refractivity (Wildman–Crippen MR) is 71.0 cm³/mol. The molecule has 100 valence electrons. The number of allylic oxidation sites excluding steroid dienone is 1. The molecule has 0 aromatic rings. The van der Waals surface area contributed by atoms with Gasteiger partial charge in [-0.05, 0) is 44.4 Å². The SMILES string of the molecule is CC1(C)[C@@H]2CC[C@@]1(C)OC(=O)/C2=C/C1CCCC1. The molecule has 0 unspecified atom stereocenters. The second-order valence-corrected chi connectivity index (χ2v) is 7.10. The maximum absolute atomic E-state index is 12.2. The van der Waals surface area contributed by atoms with Crippen LogP contribution in [0.4, 0.5) is 0 Å². The lowest BCUT2D eigenvalue weighted by molar-refractivity contribution is -0.172. The van der Waals surface area contributed by atoms with E-state index in [2.05, 4.69) is 26.8 Å². The first-order valence-corrected chi connectivity index (χ1v) is 7.39. The summed E-state index contributed by atoms with van der Waals surface area (Å²) >= 11 is 0. The van der Waals surface area contributed by atoms with Gasteiger partial charge in [-0.15, -0.1) is 0 Å². The van der Waals surface area contributed by atoms with Crippen molar-refractivity contribution in [3.63, 3.8) is 0 Å². The van der Waals surface area contributed by atoms with E-state index in [1.165, 1.54) is 25.7 Å². The number of hydrogen-bond donors (Lipinski definition) is 0. The van der Waals surface area contributed by atoms with E-state index in [-0.39, 0.29) is 17.0 Å². The van der Waals surface area contributed by atoms with Crippen LogP contribution in [0.5, 0.6) is 0 Å². The zero-order valence-electron chi connectivity index (χ0n) is 11.8. The van der Waals surface area contributed by atoms with E-state index in [9.17, 15) is 4.79 Å². The number of rotatable bonds is 1. The molecule has 18 heavy (non-hydrogen) atoms. The molecule has 2 aliphatic carbocycles. The summed E-state index contributed by atoms with van der Waals surface area (Å²) in [5, 5.41) is 0. The van der Waals surface area contributed by atoms with Crippen molar-refractivity contribution in [3.05, 3.63) is 11.6 Å². The first-order chi connectivity index (χ1) is 8.44. The molecule has 1 aliphatic heterocycles. The fraction of sp³-hybridized carbons (Fsp3) is 0.812. The maximum atomic E-state index is 12.2. The molecular formula is C16H24O2. The van der Waals surface area contributed by atoms with Crippen molar-refractivity contribution in [2.75, 3.05) is 0 Å². The fourth-order valence-corrected chi connectivity index (χ4v) is 4.17. The summed E-state index contributed by atoms with van der Waals surface area (Å²) in [6, 6.07) is 0. The number of carbonyl (C=O) groups excluding carboxylic acids is 1. The van der Waals surface area contributed by atoms with Gasteiger partial charge in [0.25, 0.3) is 0 Å². The summed E-state index contributed by atoms with van der Waals surface area (Å²) in [7, 11) is 0. The minimum atomic E-state index is -0.248. The molecule has 3 aliphatic rings. The van der Waals surface area contributed by atoms with Crippen molar-refractivity contribution in [2.24, 2.45) is 17.3 Å². The maximum Gasteiger partial charge on any atom is 0.334 e. The summed E-state index contributed by atoms with van der Waals surface area (Å²) in [4.78, 5) is 12.2. The van der Waals surface area contributed by atoms with Crippen molar-refractivity contribution in [1.82, 2.24) is 0 Å². The highest BCUT2D eigenvalue weighted by Gasteiger charge is 2.60. The Labute approximate surface area is 110 Å². The Balaban J connectivity index is 1.93.